The molecule has 1 atom stereocenters. The van der Waals surface area contributed by atoms with Crippen molar-refractivity contribution in [1.29, 1.82) is 0 Å². The summed E-state index contributed by atoms with van der Waals surface area (Å²) in [7, 11) is 1.59. The van der Waals surface area contributed by atoms with E-state index in [1.165, 1.54) is 0 Å². The number of hydrogen-bond donors (Lipinski definition) is 3. The average molecular weight is 397 g/mol. The maximum atomic E-state index is 12.7. The summed E-state index contributed by atoms with van der Waals surface area (Å²) in [5, 5.41) is 6.70. The van der Waals surface area contributed by atoms with E-state index < -0.39 is 0 Å². The third kappa shape index (κ3) is 6.59. The van der Waals surface area contributed by atoms with Crippen LogP contribution in [0.1, 0.15) is 32.1 Å². The average Bonchev–Trinajstić information content (AvgIpc) is 2.67. The second-order valence-corrected chi connectivity index (χ2v) is 7.04. The maximum absolute atomic E-state index is 12.7. The van der Waals surface area contributed by atoms with Crippen molar-refractivity contribution < 1.29 is 14.3 Å². The highest BCUT2D eigenvalue weighted by atomic mass is 35.5. The van der Waals surface area contributed by atoms with Gasteiger partial charge in [-0.1, -0.05) is 11.6 Å². The summed E-state index contributed by atoms with van der Waals surface area (Å²) < 4.78 is 5.30. The molecule has 2 amide bonds. The zero-order valence-corrected chi connectivity index (χ0v) is 16.6. The Hall–Kier alpha value is -1.99. The molecule has 0 aliphatic carbocycles. The normalized spacial score (nSPS) is 16.7. The number of nitrogens with two attached hydrogens (primary N) is 1. The number of amides is 2. The topological polar surface area (TPSA) is 96.7 Å². The lowest BCUT2D eigenvalue weighted by atomic mass is 10.0. The molecule has 0 bridgehead atoms. The van der Waals surface area contributed by atoms with E-state index in [-0.39, 0.29) is 17.9 Å². The number of anilines is 1. The van der Waals surface area contributed by atoms with Crippen molar-refractivity contribution in [3.63, 3.8) is 0 Å². The van der Waals surface area contributed by atoms with Gasteiger partial charge in [0.25, 0.3) is 0 Å². The van der Waals surface area contributed by atoms with Gasteiger partial charge in [0.05, 0.1) is 12.8 Å². The first kappa shape index (κ1) is 21.3. The SMILES string of the molecule is COc1ccc(Cl)cc1NCCC(=O)N1CCCCC1CNC(=O)CCN. The summed E-state index contributed by atoms with van der Waals surface area (Å²) in [6.45, 7) is 2.03. The summed E-state index contributed by atoms with van der Waals surface area (Å²) in [6, 6.07) is 5.38. The second kappa shape index (κ2) is 11.0. The minimum absolute atomic E-state index is 0.0497. The fraction of sp³-hybridized carbons (Fsp3) is 0.579. The van der Waals surface area contributed by atoms with E-state index in [0.29, 0.717) is 43.2 Å². The predicted octanol–water partition coefficient (Wildman–Crippen LogP) is 2.00. The summed E-state index contributed by atoms with van der Waals surface area (Å²) in [5.74, 6) is 0.705. The number of halogens is 1. The molecule has 1 aliphatic heterocycles. The highest BCUT2D eigenvalue weighted by molar-refractivity contribution is 6.30. The van der Waals surface area contributed by atoms with Crippen LogP contribution in [0.4, 0.5) is 5.69 Å². The Balaban J connectivity index is 1.85. The van der Waals surface area contributed by atoms with Crippen molar-refractivity contribution in [1.82, 2.24) is 10.2 Å². The molecule has 7 nitrogen and oxygen atoms in total. The van der Waals surface area contributed by atoms with Crippen molar-refractivity contribution in [2.24, 2.45) is 5.73 Å². The standard InChI is InChI=1S/C19H29ClN4O3/c1-27-17-6-5-14(20)12-16(17)22-10-8-19(26)24-11-3-2-4-15(24)13-23-18(25)7-9-21/h5-6,12,15,22H,2-4,7-11,13,21H2,1H3,(H,23,25). The van der Waals surface area contributed by atoms with E-state index >= 15 is 0 Å². The summed E-state index contributed by atoms with van der Waals surface area (Å²) in [5.41, 5.74) is 6.16. The molecular formula is C19H29ClN4O3. The number of carbonyl (C=O) groups excluding carboxylic acids is 2. The van der Waals surface area contributed by atoms with Crippen molar-refractivity contribution in [3.05, 3.63) is 23.2 Å². The summed E-state index contributed by atoms with van der Waals surface area (Å²) in [4.78, 5) is 26.2. The quantitative estimate of drug-likeness (QED) is 0.593. The molecule has 27 heavy (non-hydrogen) atoms. The number of rotatable bonds is 9. The number of ether oxygens (including phenoxy) is 1. The Morgan fingerprint density at radius 1 is 1.33 bits per heavy atom. The van der Waals surface area contributed by atoms with E-state index in [0.717, 1.165) is 31.5 Å². The Morgan fingerprint density at radius 2 is 2.15 bits per heavy atom. The van der Waals surface area contributed by atoms with Crippen molar-refractivity contribution in [2.45, 2.75) is 38.1 Å². The van der Waals surface area contributed by atoms with Gasteiger partial charge in [0, 0.05) is 50.1 Å². The number of methoxy groups -OCH3 is 1. The fourth-order valence-corrected chi connectivity index (χ4v) is 3.43. The molecule has 1 fully saturated rings. The van der Waals surface area contributed by atoms with Crippen LogP contribution in [0.5, 0.6) is 5.75 Å². The fourth-order valence-electron chi connectivity index (χ4n) is 3.26. The molecule has 4 N–H and O–H groups in total. The third-order valence-electron chi connectivity index (χ3n) is 4.67. The monoisotopic (exact) mass is 396 g/mol. The van der Waals surface area contributed by atoms with Crippen LogP contribution in [0, 0.1) is 0 Å². The molecule has 1 aliphatic rings. The lowest BCUT2D eigenvalue weighted by Crippen LogP contribution is -2.49. The molecule has 1 heterocycles. The zero-order valence-electron chi connectivity index (χ0n) is 15.8. The predicted molar refractivity (Wildman–Crippen MR) is 107 cm³/mol. The largest absolute Gasteiger partial charge is 0.495 e. The molecule has 1 saturated heterocycles. The zero-order chi connectivity index (χ0) is 19.6. The number of hydrogen-bond acceptors (Lipinski definition) is 5. The van der Waals surface area contributed by atoms with Crippen LogP contribution in [-0.4, -0.2) is 56.0 Å². The lowest BCUT2D eigenvalue weighted by Gasteiger charge is -2.36. The second-order valence-electron chi connectivity index (χ2n) is 6.60. The minimum atomic E-state index is -0.0646. The Morgan fingerprint density at radius 3 is 2.89 bits per heavy atom. The van der Waals surface area contributed by atoms with Gasteiger partial charge in [-0.15, -0.1) is 0 Å². The molecule has 0 radical (unpaired) electrons. The van der Waals surface area contributed by atoms with Crippen LogP contribution in [0.15, 0.2) is 18.2 Å². The molecule has 0 spiro atoms. The summed E-state index contributed by atoms with van der Waals surface area (Å²) >= 11 is 6.03. The van der Waals surface area contributed by atoms with Crippen molar-refractivity contribution in [2.75, 3.05) is 38.6 Å². The lowest BCUT2D eigenvalue weighted by molar-refractivity contribution is -0.135. The first-order valence-corrected chi connectivity index (χ1v) is 9.76. The highest BCUT2D eigenvalue weighted by Gasteiger charge is 2.26. The van der Waals surface area contributed by atoms with Crippen LogP contribution in [0.3, 0.4) is 0 Å². The van der Waals surface area contributed by atoms with Crippen molar-refractivity contribution in [3.8, 4) is 5.75 Å². The van der Waals surface area contributed by atoms with Crippen LogP contribution in [0.2, 0.25) is 5.02 Å². The van der Waals surface area contributed by atoms with Gasteiger partial charge in [0.15, 0.2) is 0 Å². The number of benzene rings is 1. The number of carbonyl (C=O) groups is 2. The van der Waals surface area contributed by atoms with E-state index in [9.17, 15) is 9.59 Å². The van der Waals surface area contributed by atoms with Gasteiger partial charge in [-0.25, -0.2) is 0 Å². The van der Waals surface area contributed by atoms with Gasteiger partial charge in [0.2, 0.25) is 11.8 Å². The Bertz CT molecular complexity index is 641. The van der Waals surface area contributed by atoms with E-state index in [4.69, 9.17) is 22.1 Å². The van der Waals surface area contributed by atoms with Crippen molar-refractivity contribution >= 4 is 29.1 Å². The first-order chi connectivity index (χ1) is 13.0. The van der Waals surface area contributed by atoms with E-state index in [2.05, 4.69) is 10.6 Å². The Labute approximate surface area is 165 Å². The molecule has 8 heteroatoms. The highest BCUT2D eigenvalue weighted by Crippen LogP contribution is 2.27. The maximum Gasteiger partial charge on any atom is 0.224 e. The van der Waals surface area contributed by atoms with Crippen LogP contribution in [0.25, 0.3) is 0 Å². The number of nitrogens with one attached hydrogen (secondary N) is 2. The number of nitrogens with zero attached hydrogens (tertiary/aromatic N) is 1. The van der Waals surface area contributed by atoms with Crippen LogP contribution < -0.4 is 21.1 Å². The van der Waals surface area contributed by atoms with Gasteiger partial charge in [0.1, 0.15) is 5.75 Å². The van der Waals surface area contributed by atoms with Gasteiger partial charge in [-0.05, 0) is 37.5 Å². The molecule has 1 unspecified atom stereocenters. The van der Waals surface area contributed by atoms with Gasteiger partial charge in [-0.3, -0.25) is 9.59 Å². The number of piperidine rings is 1. The van der Waals surface area contributed by atoms with Crippen LogP contribution in [-0.2, 0) is 9.59 Å². The van der Waals surface area contributed by atoms with E-state index in [1.54, 1.807) is 25.3 Å². The molecule has 0 aromatic heterocycles. The molecule has 1 aromatic carbocycles. The summed E-state index contributed by atoms with van der Waals surface area (Å²) in [6.07, 6.45) is 3.65. The minimum Gasteiger partial charge on any atom is -0.495 e. The Kier molecular flexibility index (Phi) is 8.67. The number of likely N-dealkylation sites (tertiary alicyclic amines) is 1. The van der Waals surface area contributed by atoms with E-state index in [1.807, 2.05) is 4.90 Å². The van der Waals surface area contributed by atoms with Crippen LogP contribution >= 0.6 is 11.6 Å². The molecule has 1 aromatic rings. The van der Waals surface area contributed by atoms with Gasteiger partial charge in [-0.2, -0.15) is 0 Å². The molecular weight excluding hydrogens is 368 g/mol. The first-order valence-electron chi connectivity index (χ1n) is 9.38. The van der Waals surface area contributed by atoms with Gasteiger partial charge >= 0.3 is 0 Å². The molecule has 150 valence electrons. The molecule has 0 saturated carbocycles. The molecule has 2 rings (SSSR count). The smallest absolute Gasteiger partial charge is 0.224 e. The van der Waals surface area contributed by atoms with Gasteiger partial charge < -0.3 is 26.0 Å². The third-order valence-corrected chi connectivity index (χ3v) is 4.90.